The topological polar surface area (TPSA) is 8.17 Å². The lowest BCUT2D eigenvalue weighted by Gasteiger charge is -2.26. The van der Waals surface area contributed by atoms with Gasteiger partial charge in [-0.1, -0.05) is 152 Å². The largest absolute Gasteiger partial charge is 0.311 e. The average Bonchev–Trinajstić information content (AvgIpc) is 3.60. The van der Waals surface area contributed by atoms with Crippen molar-refractivity contribution in [2.24, 2.45) is 0 Å². The molecule has 0 radical (unpaired) electrons. The van der Waals surface area contributed by atoms with Crippen LogP contribution in [-0.4, -0.2) is 4.57 Å². The van der Waals surface area contributed by atoms with Crippen LogP contribution in [0.5, 0.6) is 0 Å². The highest BCUT2D eigenvalue weighted by atomic mass is 15.1. The van der Waals surface area contributed by atoms with Gasteiger partial charge in [-0.2, -0.15) is 0 Å². The number of anilines is 3. The molecule has 0 aliphatic heterocycles. The summed E-state index contributed by atoms with van der Waals surface area (Å²) in [5.41, 5.74) is 13.2. The van der Waals surface area contributed by atoms with Crippen LogP contribution < -0.4 is 4.90 Å². The van der Waals surface area contributed by atoms with Crippen LogP contribution in [0.3, 0.4) is 0 Å². The van der Waals surface area contributed by atoms with Crippen molar-refractivity contribution in [3.63, 3.8) is 0 Å². The Bertz CT molecular complexity index is 2810. The van der Waals surface area contributed by atoms with Crippen molar-refractivity contribution in [1.29, 1.82) is 0 Å². The van der Waals surface area contributed by atoms with Crippen LogP contribution in [0.25, 0.3) is 60.5 Å². The van der Waals surface area contributed by atoms with E-state index in [0.29, 0.717) is 5.92 Å². The summed E-state index contributed by atoms with van der Waals surface area (Å²) in [7, 11) is 0. The Balaban J connectivity index is 1.05. The van der Waals surface area contributed by atoms with Crippen LogP contribution in [0.2, 0.25) is 0 Å². The fourth-order valence-corrected chi connectivity index (χ4v) is 8.19. The van der Waals surface area contributed by atoms with Gasteiger partial charge < -0.3 is 9.47 Å². The molecule has 0 spiro atoms. The molecule has 2 heteroatoms. The number of rotatable bonds is 7. The summed E-state index contributed by atoms with van der Waals surface area (Å²) in [5.74, 6) is 0.416. The molecule has 0 N–H and O–H groups in total. The van der Waals surface area contributed by atoms with Crippen LogP contribution in [0.1, 0.15) is 17.9 Å². The minimum absolute atomic E-state index is 0.416. The molecule has 1 aliphatic carbocycles. The van der Waals surface area contributed by atoms with Gasteiger partial charge in [0, 0.05) is 44.8 Å². The Morgan fingerprint density at radius 1 is 0.444 bits per heavy atom. The quantitative estimate of drug-likeness (QED) is 0.162. The smallest absolute Gasteiger partial charge is 0.0619 e. The van der Waals surface area contributed by atoms with Gasteiger partial charge in [0.05, 0.1) is 11.0 Å². The van der Waals surface area contributed by atoms with Crippen molar-refractivity contribution >= 4 is 49.6 Å². The van der Waals surface area contributed by atoms with E-state index in [2.05, 4.69) is 222 Å². The molecule has 54 heavy (non-hydrogen) atoms. The number of benzene rings is 8. The zero-order valence-electron chi connectivity index (χ0n) is 29.9. The summed E-state index contributed by atoms with van der Waals surface area (Å²) in [6, 6.07) is 68.6. The monoisotopic (exact) mass is 690 g/mol. The molecule has 1 aliphatic rings. The van der Waals surface area contributed by atoms with E-state index in [0.717, 1.165) is 23.5 Å². The summed E-state index contributed by atoms with van der Waals surface area (Å²) in [5, 5.41) is 5.03. The van der Waals surface area contributed by atoms with Gasteiger partial charge in [0.15, 0.2) is 0 Å². The summed E-state index contributed by atoms with van der Waals surface area (Å²) < 4.78 is 2.42. The normalized spacial score (nSPS) is 13.9. The summed E-state index contributed by atoms with van der Waals surface area (Å²) >= 11 is 0. The Morgan fingerprint density at radius 2 is 1.04 bits per heavy atom. The Morgan fingerprint density at radius 3 is 1.72 bits per heavy atom. The number of para-hydroxylation sites is 1. The Labute approximate surface area is 316 Å². The predicted molar refractivity (Wildman–Crippen MR) is 229 cm³/mol. The van der Waals surface area contributed by atoms with E-state index >= 15 is 0 Å². The molecule has 8 aromatic carbocycles. The average molecular weight is 691 g/mol. The van der Waals surface area contributed by atoms with Gasteiger partial charge in [0.1, 0.15) is 0 Å². The van der Waals surface area contributed by atoms with Crippen molar-refractivity contribution in [1.82, 2.24) is 4.57 Å². The summed E-state index contributed by atoms with van der Waals surface area (Å²) in [6.07, 6.45) is 9.88. The van der Waals surface area contributed by atoms with Crippen LogP contribution in [0.15, 0.2) is 212 Å². The summed E-state index contributed by atoms with van der Waals surface area (Å²) in [4.78, 5) is 2.36. The maximum absolute atomic E-state index is 2.42. The number of aromatic nitrogens is 1. The first-order chi connectivity index (χ1) is 26.8. The molecule has 9 aromatic rings. The van der Waals surface area contributed by atoms with Gasteiger partial charge in [-0.05, 0) is 100 Å². The molecule has 0 fully saturated rings. The minimum Gasteiger partial charge on any atom is -0.311 e. The second-order valence-corrected chi connectivity index (χ2v) is 14.1. The standard InChI is InChI=1S/C52H38N2/c1-4-12-37(13-5-1)39-20-28-45(29-21-39)53(46-30-22-40(23-31-46)38-14-6-2-7-15-38)47-32-24-41(25-33-47)43-27-35-51-50(36-43)49-34-26-42-16-10-11-19-48(42)52(49)54(51)44-17-8-3-9-18-44/h1-14,16-36,38H,15H2. The van der Waals surface area contributed by atoms with Crippen molar-refractivity contribution in [3.8, 4) is 27.9 Å². The van der Waals surface area contributed by atoms with Crippen molar-refractivity contribution in [2.75, 3.05) is 4.90 Å². The first-order valence-corrected chi connectivity index (χ1v) is 18.8. The van der Waals surface area contributed by atoms with Crippen LogP contribution in [0.4, 0.5) is 17.1 Å². The highest BCUT2D eigenvalue weighted by Gasteiger charge is 2.18. The number of allylic oxidation sites excluding steroid dienone is 4. The van der Waals surface area contributed by atoms with Crippen LogP contribution >= 0.6 is 0 Å². The van der Waals surface area contributed by atoms with Crippen LogP contribution in [-0.2, 0) is 0 Å². The van der Waals surface area contributed by atoms with Gasteiger partial charge in [-0.3, -0.25) is 0 Å². The molecule has 1 atom stereocenters. The molecule has 10 rings (SSSR count). The van der Waals surface area contributed by atoms with E-state index in [9.17, 15) is 0 Å². The van der Waals surface area contributed by atoms with Gasteiger partial charge in [-0.15, -0.1) is 0 Å². The molecule has 0 bridgehead atoms. The number of hydrogen-bond donors (Lipinski definition) is 0. The first-order valence-electron chi connectivity index (χ1n) is 18.8. The molecule has 0 saturated heterocycles. The van der Waals surface area contributed by atoms with Gasteiger partial charge in [-0.25, -0.2) is 0 Å². The Hall–Kier alpha value is -6.90. The number of nitrogens with zero attached hydrogens (tertiary/aromatic N) is 2. The van der Waals surface area contributed by atoms with Crippen molar-refractivity contribution < 1.29 is 0 Å². The highest BCUT2D eigenvalue weighted by molar-refractivity contribution is 6.19. The molecular formula is C52H38N2. The number of hydrogen-bond acceptors (Lipinski definition) is 1. The van der Waals surface area contributed by atoms with Crippen molar-refractivity contribution in [2.45, 2.75) is 12.3 Å². The van der Waals surface area contributed by atoms with E-state index in [1.165, 1.54) is 66.1 Å². The first kappa shape index (κ1) is 31.8. The van der Waals surface area contributed by atoms with E-state index in [-0.39, 0.29) is 0 Å². The maximum Gasteiger partial charge on any atom is 0.0619 e. The third-order valence-electron chi connectivity index (χ3n) is 10.9. The molecule has 1 aromatic heterocycles. The van der Waals surface area contributed by atoms with Gasteiger partial charge in [0.25, 0.3) is 0 Å². The third-order valence-corrected chi connectivity index (χ3v) is 10.9. The molecular weight excluding hydrogens is 653 g/mol. The lowest BCUT2D eigenvalue weighted by Crippen LogP contribution is -2.10. The zero-order valence-corrected chi connectivity index (χ0v) is 29.9. The fourth-order valence-electron chi connectivity index (χ4n) is 8.19. The van der Waals surface area contributed by atoms with Crippen LogP contribution in [0, 0.1) is 0 Å². The number of fused-ring (bicyclic) bond motifs is 5. The maximum atomic E-state index is 2.42. The predicted octanol–water partition coefficient (Wildman–Crippen LogP) is 14.3. The third kappa shape index (κ3) is 5.70. The zero-order chi connectivity index (χ0) is 35.8. The molecule has 1 unspecified atom stereocenters. The SMILES string of the molecule is C1=CCC(c2ccc(N(c3ccc(-c4ccccc4)cc3)c3ccc(-c4ccc5c(c4)c4ccc6ccccc6c4n5-c4ccccc4)cc3)cc2)C=C1. The minimum atomic E-state index is 0.416. The lowest BCUT2D eigenvalue weighted by atomic mass is 9.92. The van der Waals surface area contributed by atoms with Crippen molar-refractivity contribution in [3.05, 3.63) is 218 Å². The second kappa shape index (κ2) is 13.6. The van der Waals surface area contributed by atoms with Gasteiger partial charge in [0.2, 0.25) is 0 Å². The molecule has 0 saturated carbocycles. The summed E-state index contributed by atoms with van der Waals surface area (Å²) in [6.45, 7) is 0. The van der Waals surface area contributed by atoms with Gasteiger partial charge >= 0.3 is 0 Å². The fraction of sp³-hybridized carbons (Fsp3) is 0.0385. The molecule has 1 heterocycles. The van der Waals surface area contributed by atoms with E-state index in [1.54, 1.807) is 0 Å². The molecule has 0 amide bonds. The van der Waals surface area contributed by atoms with E-state index in [4.69, 9.17) is 0 Å². The lowest BCUT2D eigenvalue weighted by molar-refractivity contribution is 0.854. The molecule has 256 valence electrons. The van der Waals surface area contributed by atoms with E-state index in [1.807, 2.05) is 0 Å². The molecule has 2 nitrogen and oxygen atoms in total. The van der Waals surface area contributed by atoms with E-state index < -0.39 is 0 Å². The highest BCUT2D eigenvalue weighted by Crippen LogP contribution is 2.41. The Kier molecular flexibility index (Phi) is 8.00. The second-order valence-electron chi connectivity index (χ2n) is 14.1.